The highest BCUT2D eigenvalue weighted by molar-refractivity contribution is 5.99. The Labute approximate surface area is 195 Å². The number of rotatable bonds is 7. The van der Waals surface area contributed by atoms with Crippen molar-refractivity contribution in [2.24, 2.45) is 0 Å². The van der Waals surface area contributed by atoms with Crippen LogP contribution in [0.1, 0.15) is 42.6 Å². The lowest BCUT2D eigenvalue weighted by Crippen LogP contribution is -2.42. The quantitative estimate of drug-likeness (QED) is 0.480. The van der Waals surface area contributed by atoms with E-state index in [1.165, 1.54) is 30.9 Å². The van der Waals surface area contributed by atoms with Crippen molar-refractivity contribution in [3.8, 4) is 11.9 Å². The Balaban J connectivity index is 1.65. The number of carbonyl (C=O) groups is 1. The van der Waals surface area contributed by atoms with Crippen LogP contribution in [0.15, 0.2) is 30.7 Å². The molecule has 1 fully saturated rings. The number of ether oxygens (including phenoxy) is 1. The molecule has 2 atom stereocenters. The largest absolute Gasteiger partial charge is 0.387 e. The van der Waals surface area contributed by atoms with Gasteiger partial charge in [-0.3, -0.25) is 4.79 Å². The summed E-state index contributed by atoms with van der Waals surface area (Å²) in [7, 11) is 0. The van der Waals surface area contributed by atoms with Crippen molar-refractivity contribution in [3.63, 3.8) is 0 Å². The van der Waals surface area contributed by atoms with Crippen LogP contribution in [-0.2, 0) is 4.74 Å². The van der Waals surface area contributed by atoms with Crippen molar-refractivity contribution < 1.29 is 19.0 Å². The monoisotopic (exact) mass is 467 g/mol. The molecule has 1 aliphatic heterocycles. The number of hydrogen-bond acceptors (Lipinski definition) is 8. The van der Waals surface area contributed by atoms with Gasteiger partial charge in [0.05, 0.1) is 41.8 Å². The molecule has 3 aromatic rings. The number of halogens is 1. The maximum absolute atomic E-state index is 14.2. The molecule has 4 rings (SSSR count). The summed E-state index contributed by atoms with van der Waals surface area (Å²) in [5.74, 6) is -0.102. The van der Waals surface area contributed by atoms with Gasteiger partial charge in [0.1, 0.15) is 12.2 Å². The summed E-state index contributed by atoms with van der Waals surface area (Å²) in [6.07, 6.45) is 4.56. The molecular formula is C23H26FN7O3. The van der Waals surface area contributed by atoms with E-state index in [1.54, 1.807) is 18.3 Å². The van der Waals surface area contributed by atoms with E-state index in [4.69, 9.17) is 10.00 Å². The fourth-order valence-corrected chi connectivity index (χ4v) is 3.61. The molecule has 1 unspecified atom stereocenters. The van der Waals surface area contributed by atoms with Gasteiger partial charge in [-0.25, -0.2) is 14.4 Å². The van der Waals surface area contributed by atoms with Crippen molar-refractivity contribution in [2.75, 3.05) is 25.1 Å². The van der Waals surface area contributed by atoms with Crippen LogP contribution in [0.4, 0.5) is 10.1 Å². The van der Waals surface area contributed by atoms with E-state index in [-0.39, 0.29) is 18.2 Å². The van der Waals surface area contributed by atoms with E-state index < -0.39 is 17.7 Å². The van der Waals surface area contributed by atoms with Crippen LogP contribution >= 0.6 is 0 Å². The van der Waals surface area contributed by atoms with Gasteiger partial charge in [0, 0.05) is 36.5 Å². The van der Waals surface area contributed by atoms with Crippen LogP contribution in [0.3, 0.4) is 0 Å². The van der Waals surface area contributed by atoms with E-state index in [9.17, 15) is 14.3 Å². The van der Waals surface area contributed by atoms with Gasteiger partial charge in [-0.05, 0) is 32.8 Å². The van der Waals surface area contributed by atoms with Crippen LogP contribution in [0.2, 0.25) is 0 Å². The molecule has 1 aliphatic rings. The third-order valence-corrected chi connectivity index (χ3v) is 5.62. The molecule has 0 bridgehead atoms. The standard InChI is InChI=1S/C23H26FN7O3/c1-23(2,33)19(24)12-28-22(32)17-11-26-20(7-18(17)30-16-4-3-5-34-13-16)31-21-15(10-29-31)6-14(8-25)9-27-21/h6-7,9-11,16,19,33H,3-5,12-13H2,1-2H3,(H,26,30)(H,28,32)/t16?,19-/m1/s1. The first-order valence-electron chi connectivity index (χ1n) is 11.0. The first-order chi connectivity index (χ1) is 16.3. The highest BCUT2D eigenvalue weighted by Crippen LogP contribution is 2.24. The number of alkyl halides is 1. The molecular weight excluding hydrogens is 441 g/mol. The second-order valence-electron chi connectivity index (χ2n) is 8.78. The predicted molar refractivity (Wildman–Crippen MR) is 122 cm³/mol. The maximum atomic E-state index is 14.2. The van der Waals surface area contributed by atoms with E-state index in [2.05, 4.69) is 25.7 Å². The molecule has 11 heteroatoms. The van der Waals surface area contributed by atoms with Gasteiger partial charge >= 0.3 is 0 Å². The minimum Gasteiger partial charge on any atom is -0.387 e. The zero-order valence-electron chi connectivity index (χ0n) is 19.0. The average Bonchev–Trinajstić information content (AvgIpc) is 3.25. The van der Waals surface area contributed by atoms with Crippen LogP contribution in [0, 0.1) is 11.3 Å². The number of amides is 1. The highest BCUT2D eigenvalue weighted by Gasteiger charge is 2.27. The van der Waals surface area contributed by atoms with Gasteiger partial charge in [0.15, 0.2) is 11.5 Å². The van der Waals surface area contributed by atoms with Crippen molar-refractivity contribution >= 4 is 22.6 Å². The van der Waals surface area contributed by atoms with Gasteiger partial charge in [-0.2, -0.15) is 15.0 Å². The number of aromatic nitrogens is 4. The summed E-state index contributed by atoms with van der Waals surface area (Å²) in [5.41, 5.74) is 0.0857. The molecule has 178 valence electrons. The molecule has 0 aromatic carbocycles. The molecule has 0 radical (unpaired) electrons. The number of aliphatic hydroxyl groups is 1. The Morgan fingerprint density at radius 2 is 2.21 bits per heavy atom. The molecule has 4 heterocycles. The Hall–Kier alpha value is -3.62. The second-order valence-corrected chi connectivity index (χ2v) is 8.78. The van der Waals surface area contributed by atoms with Crippen molar-refractivity contribution in [3.05, 3.63) is 41.9 Å². The van der Waals surface area contributed by atoms with E-state index in [0.717, 1.165) is 12.8 Å². The molecule has 0 saturated carbocycles. The zero-order valence-corrected chi connectivity index (χ0v) is 19.0. The summed E-state index contributed by atoms with van der Waals surface area (Å²) in [4.78, 5) is 21.6. The minimum atomic E-state index is -1.63. The van der Waals surface area contributed by atoms with E-state index in [1.807, 2.05) is 6.07 Å². The highest BCUT2D eigenvalue weighted by atomic mass is 19.1. The predicted octanol–water partition coefficient (Wildman–Crippen LogP) is 2.12. The van der Waals surface area contributed by atoms with Crippen LogP contribution in [0.5, 0.6) is 0 Å². The normalized spacial score (nSPS) is 17.2. The summed E-state index contributed by atoms with van der Waals surface area (Å²) >= 11 is 0. The van der Waals surface area contributed by atoms with E-state index in [0.29, 0.717) is 41.3 Å². The Kier molecular flexibility index (Phi) is 6.72. The number of nitrogens with zero attached hydrogens (tertiary/aromatic N) is 5. The molecule has 0 aliphatic carbocycles. The van der Waals surface area contributed by atoms with Crippen LogP contribution < -0.4 is 10.6 Å². The zero-order chi connectivity index (χ0) is 24.3. The lowest BCUT2D eigenvalue weighted by Gasteiger charge is -2.26. The van der Waals surface area contributed by atoms with Gasteiger partial charge in [0.25, 0.3) is 5.91 Å². The lowest BCUT2D eigenvalue weighted by molar-refractivity contribution is -0.00177. The van der Waals surface area contributed by atoms with Crippen molar-refractivity contribution in [1.82, 2.24) is 25.1 Å². The number of anilines is 1. The molecule has 10 nitrogen and oxygen atoms in total. The molecule has 1 saturated heterocycles. The average molecular weight is 468 g/mol. The number of fused-ring (bicyclic) bond motifs is 1. The van der Waals surface area contributed by atoms with Gasteiger partial charge in [-0.1, -0.05) is 0 Å². The van der Waals surface area contributed by atoms with Crippen LogP contribution in [0.25, 0.3) is 16.9 Å². The Bertz CT molecular complexity index is 1230. The van der Waals surface area contributed by atoms with Gasteiger partial charge in [0.2, 0.25) is 0 Å². The SMILES string of the molecule is CC(C)(O)[C@H](F)CNC(=O)c1cnc(-n2ncc3cc(C#N)cnc32)cc1NC1CCCOC1. The third kappa shape index (κ3) is 5.13. The molecule has 0 spiro atoms. The van der Waals surface area contributed by atoms with Gasteiger partial charge < -0.3 is 20.5 Å². The topological polar surface area (TPSA) is 138 Å². The minimum absolute atomic E-state index is 0.00785. The molecule has 3 N–H and O–H groups in total. The maximum Gasteiger partial charge on any atom is 0.255 e. The molecule has 34 heavy (non-hydrogen) atoms. The lowest BCUT2D eigenvalue weighted by atomic mass is 10.0. The summed E-state index contributed by atoms with van der Waals surface area (Å²) < 4.78 is 21.2. The number of nitrogens with one attached hydrogen (secondary N) is 2. The van der Waals surface area contributed by atoms with Crippen molar-refractivity contribution in [2.45, 2.75) is 44.5 Å². The first-order valence-corrected chi connectivity index (χ1v) is 11.0. The summed E-state index contributed by atoms with van der Waals surface area (Å²) in [6.45, 7) is 3.53. The molecule has 3 aromatic heterocycles. The second kappa shape index (κ2) is 9.70. The summed E-state index contributed by atoms with van der Waals surface area (Å²) in [5, 5.41) is 29.8. The fraction of sp³-hybridized carbons (Fsp3) is 0.435. The fourth-order valence-electron chi connectivity index (χ4n) is 3.61. The van der Waals surface area contributed by atoms with Gasteiger partial charge in [-0.15, -0.1) is 0 Å². The number of carbonyl (C=O) groups excluding carboxylic acids is 1. The van der Waals surface area contributed by atoms with Crippen molar-refractivity contribution in [1.29, 1.82) is 5.26 Å². The number of hydrogen-bond donors (Lipinski definition) is 3. The smallest absolute Gasteiger partial charge is 0.255 e. The Morgan fingerprint density at radius 3 is 2.91 bits per heavy atom. The first kappa shape index (κ1) is 23.5. The third-order valence-electron chi connectivity index (χ3n) is 5.62. The Morgan fingerprint density at radius 1 is 1.38 bits per heavy atom. The number of nitriles is 1. The van der Waals surface area contributed by atoms with E-state index >= 15 is 0 Å². The molecule has 1 amide bonds. The summed E-state index contributed by atoms with van der Waals surface area (Å²) in [6, 6.07) is 5.40. The van der Waals surface area contributed by atoms with Crippen LogP contribution in [-0.4, -0.2) is 68.3 Å². The number of pyridine rings is 2.